The van der Waals surface area contributed by atoms with Crippen LogP contribution in [0.2, 0.25) is 0 Å². The summed E-state index contributed by atoms with van der Waals surface area (Å²) in [6, 6.07) is 13.7. The number of hydrogen-bond donors (Lipinski definition) is 0. The second kappa shape index (κ2) is 6.05. The molecule has 0 unspecified atom stereocenters. The van der Waals surface area contributed by atoms with Gasteiger partial charge in [-0.15, -0.1) is 0 Å². The molecule has 0 radical (unpaired) electrons. The fourth-order valence-electron chi connectivity index (χ4n) is 1.75. The molecular weight excluding hydrogens is 339 g/mol. The van der Waals surface area contributed by atoms with Crippen molar-refractivity contribution in [3.05, 3.63) is 64.7 Å². The van der Waals surface area contributed by atoms with Crippen LogP contribution in [0.1, 0.15) is 5.89 Å². The topological polar surface area (TPSA) is 48.2 Å². The Bertz CT molecular complexity index is 746. The highest BCUT2D eigenvalue weighted by Gasteiger charge is 2.10. The van der Waals surface area contributed by atoms with Crippen LogP contribution in [0.3, 0.4) is 0 Å². The third-order valence-electron chi connectivity index (χ3n) is 2.75. The number of benzene rings is 2. The zero-order valence-electron chi connectivity index (χ0n) is 10.8. The van der Waals surface area contributed by atoms with Crippen LogP contribution in [0.5, 0.6) is 5.75 Å². The van der Waals surface area contributed by atoms with E-state index < -0.39 is 0 Å². The Labute approximate surface area is 128 Å². The van der Waals surface area contributed by atoms with Gasteiger partial charge in [0.1, 0.15) is 11.6 Å². The molecule has 2 aromatic carbocycles. The molecule has 1 aromatic heterocycles. The summed E-state index contributed by atoms with van der Waals surface area (Å²) in [5, 5.41) is 3.90. The highest BCUT2D eigenvalue weighted by molar-refractivity contribution is 9.10. The second-order valence-electron chi connectivity index (χ2n) is 4.24. The normalized spacial score (nSPS) is 10.6. The minimum Gasteiger partial charge on any atom is -0.483 e. The predicted octanol–water partition coefficient (Wildman–Crippen LogP) is 4.22. The number of hydrogen-bond acceptors (Lipinski definition) is 4. The summed E-state index contributed by atoms with van der Waals surface area (Å²) in [5.74, 6) is 1.03. The van der Waals surface area contributed by atoms with E-state index in [4.69, 9.17) is 9.26 Å². The number of aromatic nitrogens is 2. The smallest absolute Gasteiger partial charge is 0.264 e. The standard InChI is InChI=1S/C15H10BrFN2O2/c16-12-8-11(17)6-7-13(12)20-9-14-18-15(19-21-14)10-4-2-1-3-5-10/h1-8H,9H2. The Morgan fingerprint density at radius 1 is 1.14 bits per heavy atom. The maximum absolute atomic E-state index is 13.0. The van der Waals surface area contributed by atoms with E-state index in [-0.39, 0.29) is 12.4 Å². The van der Waals surface area contributed by atoms with E-state index in [1.807, 2.05) is 30.3 Å². The number of rotatable bonds is 4. The Morgan fingerprint density at radius 2 is 1.95 bits per heavy atom. The molecule has 0 fully saturated rings. The molecule has 3 aromatic rings. The quantitative estimate of drug-likeness (QED) is 0.708. The number of ether oxygens (including phenoxy) is 1. The van der Waals surface area contributed by atoms with Gasteiger partial charge in [-0.05, 0) is 34.1 Å². The molecule has 106 valence electrons. The summed E-state index contributed by atoms with van der Waals surface area (Å²) < 4.78 is 24.2. The summed E-state index contributed by atoms with van der Waals surface area (Å²) in [6.45, 7) is 0.115. The van der Waals surface area contributed by atoms with Crippen molar-refractivity contribution in [3.63, 3.8) is 0 Å². The molecule has 0 aliphatic rings. The van der Waals surface area contributed by atoms with Crippen LogP contribution in [0.15, 0.2) is 57.5 Å². The van der Waals surface area contributed by atoms with Gasteiger partial charge in [0, 0.05) is 5.56 Å². The van der Waals surface area contributed by atoms with Crippen LogP contribution in [-0.4, -0.2) is 10.1 Å². The van der Waals surface area contributed by atoms with Crippen LogP contribution in [0.25, 0.3) is 11.4 Å². The van der Waals surface area contributed by atoms with Crippen molar-refractivity contribution in [2.24, 2.45) is 0 Å². The summed E-state index contributed by atoms with van der Waals surface area (Å²) in [5.41, 5.74) is 0.871. The van der Waals surface area contributed by atoms with Crippen molar-refractivity contribution in [2.45, 2.75) is 6.61 Å². The fourth-order valence-corrected chi connectivity index (χ4v) is 2.22. The molecule has 0 bridgehead atoms. The number of nitrogens with zero attached hydrogens (tertiary/aromatic N) is 2. The summed E-state index contributed by atoms with van der Waals surface area (Å²) in [6.07, 6.45) is 0. The maximum Gasteiger partial charge on any atom is 0.264 e. The highest BCUT2D eigenvalue weighted by atomic mass is 79.9. The van der Waals surface area contributed by atoms with Gasteiger partial charge in [-0.3, -0.25) is 0 Å². The van der Waals surface area contributed by atoms with Crippen LogP contribution in [0.4, 0.5) is 4.39 Å². The monoisotopic (exact) mass is 348 g/mol. The molecular formula is C15H10BrFN2O2. The first-order valence-electron chi connectivity index (χ1n) is 6.18. The Balaban J connectivity index is 1.70. The average molecular weight is 349 g/mol. The molecule has 21 heavy (non-hydrogen) atoms. The molecule has 3 rings (SSSR count). The van der Waals surface area contributed by atoms with Gasteiger partial charge in [0.25, 0.3) is 5.89 Å². The average Bonchev–Trinajstić information content (AvgIpc) is 2.96. The van der Waals surface area contributed by atoms with Crippen LogP contribution in [-0.2, 0) is 6.61 Å². The lowest BCUT2D eigenvalue weighted by atomic mass is 10.2. The first-order chi connectivity index (χ1) is 10.2. The lowest BCUT2D eigenvalue weighted by Gasteiger charge is -2.05. The fraction of sp³-hybridized carbons (Fsp3) is 0.0667. The van der Waals surface area contributed by atoms with E-state index in [1.165, 1.54) is 18.2 Å². The second-order valence-corrected chi connectivity index (χ2v) is 5.10. The third kappa shape index (κ3) is 3.28. The van der Waals surface area contributed by atoms with E-state index in [0.29, 0.717) is 21.9 Å². The van der Waals surface area contributed by atoms with Gasteiger partial charge in [0.05, 0.1) is 4.47 Å². The van der Waals surface area contributed by atoms with Gasteiger partial charge in [-0.2, -0.15) is 4.98 Å². The minimum atomic E-state index is -0.335. The van der Waals surface area contributed by atoms with Gasteiger partial charge in [-0.25, -0.2) is 4.39 Å². The van der Waals surface area contributed by atoms with Crippen molar-refractivity contribution in [3.8, 4) is 17.1 Å². The van der Waals surface area contributed by atoms with Crippen molar-refractivity contribution in [1.82, 2.24) is 10.1 Å². The van der Waals surface area contributed by atoms with Gasteiger partial charge in [0.15, 0.2) is 6.61 Å². The first kappa shape index (κ1) is 13.8. The molecule has 0 amide bonds. The van der Waals surface area contributed by atoms with Gasteiger partial charge >= 0.3 is 0 Å². The SMILES string of the molecule is Fc1ccc(OCc2nc(-c3ccccc3)no2)c(Br)c1. The summed E-state index contributed by atoms with van der Waals surface area (Å²) in [4.78, 5) is 4.25. The van der Waals surface area contributed by atoms with E-state index in [9.17, 15) is 4.39 Å². The predicted molar refractivity (Wildman–Crippen MR) is 78.2 cm³/mol. The minimum absolute atomic E-state index is 0.115. The van der Waals surface area contributed by atoms with Gasteiger partial charge < -0.3 is 9.26 Å². The van der Waals surface area contributed by atoms with Crippen LogP contribution in [0, 0.1) is 5.82 Å². The lowest BCUT2D eigenvalue weighted by molar-refractivity contribution is 0.241. The Morgan fingerprint density at radius 3 is 2.71 bits per heavy atom. The van der Waals surface area contributed by atoms with Crippen molar-refractivity contribution in [1.29, 1.82) is 0 Å². The van der Waals surface area contributed by atoms with E-state index in [2.05, 4.69) is 26.1 Å². The largest absolute Gasteiger partial charge is 0.483 e. The van der Waals surface area contributed by atoms with E-state index in [0.717, 1.165) is 5.56 Å². The van der Waals surface area contributed by atoms with Gasteiger partial charge in [-0.1, -0.05) is 35.5 Å². The van der Waals surface area contributed by atoms with Crippen molar-refractivity contribution in [2.75, 3.05) is 0 Å². The maximum atomic E-state index is 13.0. The van der Waals surface area contributed by atoms with Crippen LogP contribution < -0.4 is 4.74 Å². The molecule has 0 atom stereocenters. The van der Waals surface area contributed by atoms with Crippen molar-refractivity contribution < 1.29 is 13.7 Å². The third-order valence-corrected chi connectivity index (χ3v) is 3.36. The highest BCUT2D eigenvalue weighted by Crippen LogP contribution is 2.26. The lowest BCUT2D eigenvalue weighted by Crippen LogP contribution is -1.96. The van der Waals surface area contributed by atoms with Gasteiger partial charge in [0.2, 0.25) is 5.82 Å². The molecule has 1 heterocycles. The molecule has 0 aliphatic carbocycles. The summed E-state index contributed by atoms with van der Waals surface area (Å²) >= 11 is 3.23. The Hall–Kier alpha value is -2.21. The zero-order chi connectivity index (χ0) is 14.7. The summed E-state index contributed by atoms with van der Waals surface area (Å²) in [7, 11) is 0. The molecule has 0 saturated heterocycles. The molecule has 4 nitrogen and oxygen atoms in total. The zero-order valence-corrected chi connectivity index (χ0v) is 12.4. The molecule has 0 aliphatic heterocycles. The number of halogens is 2. The molecule has 0 spiro atoms. The molecule has 6 heteroatoms. The van der Waals surface area contributed by atoms with Crippen LogP contribution >= 0.6 is 15.9 Å². The van der Waals surface area contributed by atoms with Crippen molar-refractivity contribution >= 4 is 15.9 Å². The van der Waals surface area contributed by atoms with E-state index >= 15 is 0 Å². The van der Waals surface area contributed by atoms with E-state index in [1.54, 1.807) is 0 Å². The Kier molecular flexibility index (Phi) is 3.96. The molecule has 0 N–H and O–H groups in total. The first-order valence-corrected chi connectivity index (χ1v) is 6.97. The molecule has 0 saturated carbocycles.